The van der Waals surface area contributed by atoms with Gasteiger partial charge in [-0.05, 0) is 36.2 Å². The first-order valence-electron chi connectivity index (χ1n) is 5.95. The van der Waals surface area contributed by atoms with Gasteiger partial charge in [0.25, 0.3) is 0 Å². The second-order valence-electron chi connectivity index (χ2n) is 4.30. The third kappa shape index (κ3) is 2.39. The Labute approximate surface area is 121 Å². The molecule has 0 aliphatic rings. The summed E-state index contributed by atoms with van der Waals surface area (Å²) in [6.07, 6.45) is 0. The van der Waals surface area contributed by atoms with Gasteiger partial charge < -0.3 is 9.71 Å². The number of thiazole rings is 1. The van der Waals surface area contributed by atoms with Gasteiger partial charge in [-0.1, -0.05) is 30.3 Å². The van der Waals surface area contributed by atoms with E-state index in [-0.39, 0.29) is 10.0 Å². The van der Waals surface area contributed by atoms with Crippen LogP contribution in [0.2, 0.25) is 0 Å². The minimum atomic E-state index is -3.70. The van der Waals surface area contributed by atoms with Crippen molar-refractivity contribution >= 4 is 36.7 Å². The van der Waals surface area contributed by atoms with E-state index < -0.39 is 10.0 Å². The summed E-state index contributed by atoms with van der Waals surface area (Å²) < 4.78 is 29.1. The molecule has 4 nitrogen and oxygen atoms in total. The molecule has 6 heteroatoms. The molecule has 0 N–H and O–H groups in total. The van der Waals surface area contributed by atoms with Crippen LogP contribution in [0.1, 0.15) is 5.56 Å². The maximum atomic E-state index is 12.2. The second-order valence-corrected chi connectivity index (χ2v) is 6.91. The molecule has 3 aromatic rings. The molecule has 0 amide bonds. The van der Waals surface area contributed by atoms with Crippen molar-refractivity contribution in [3.05, 3.63) is 58.8 Å². The number of aromatic nitrogens is 1. The fourth-order valence-electron chi connectivity index (χ4n) is 1.86. The highest BCUT2D eigenvalue weighted by Crippen LogP contribution is 2.35. The molecular weight excluding hydrogens is 292 g/mol. The molecule has 0 bridgehead atoms. The highest BCUT2D eigenvalue weighted by atomic mass is 32.2. The van der Waals surface area contributed by atoms with Crippen molar-refractivity contribution in [1.29, 1.82) is 0 Å². The molecule has 0 fully saturated rings. The summed E-state index contributed by atoms with van der Waals surface area (Å²) in [5, 5.41) is 0.262. The predicted octanol–water partition coefficient (Wildman–Crippen LogP) is 4.00. The highest BCUT2D eigenvalue weighted by molar-refractivity contribution is 7.94. The number of aryl methyl sites for hydroxylation is 1. The Kier molecular flexibility index (Phi) is 3.19. The van der Waals surface area contributed by atoms with E-state index in [0.717, 1.165) is 15.8 Å². The summed E-state index contributed by atoms with van der Waals surface area (Å²) in [6.45, 7) is 1.94. The van der Waals surface area contributed by atoms with Crippen LogP contribution in [0.25, 0.3) is 14.9 Å². The second kappa shape index (κ2) is 4.88. The van der Waals surface area contributed by atoms with E-state index in [0.29, 0.717) is 0 Å². The van der Waals surface area contributed by atoms with Crippen molar-refractivity contribution < 1.29 is 8.42 Å². The lowest BCUT2D eigenvalue weighted by atomic mass is 10.2. The zero-order chi connectivity index (χ0) is 14.2. The molecule has 0 saturated heterocycles. The summed E-state index contributed by atoms with van der Waals surface area (Å²) in [5.41, 5.74) is 1.82. The van der Waals surface area contributed by atoms with Crippen LogP contribution >= 0.6 is 11.3 Å². The third-order valence-corrected chi connectivity index (χ3v) is 5.16. The van der Waals surface area contributed by atoms with E-state index in [9.17, 15) is 8.42 Å². The number of para-hydroxylation sites is 1. The molecule has 1 heterocycles. The molecule has 3 rings (SSSR count). The summed E-state index contributed by atoms with van der Waals surface area (Å²) in [7, 11) is -3.70. The molecule has 2 aromatic carbocycles. The van der Waals surface area contributed by atoms with E-state index >= 15 is 0 Å². The SMILES string of the molecule is Cc1cccc2sc([N-]S(=O)(=O)c3ccccc3)nc12. The molecule has 0 unspecified atom stereocenters. The van der Waals surface area contributed by atoms with Gasteiger partial charge in [0, 0.05) is 9.83 Å². The molecule has 0 aliphatic carbocycles. The van der Waals surface area contributed by atoms with E-state index in [2.05, 4.69) is 9.71 Å². The fourth-order valence-corrected chi connectivity index (χ4v) is 3.94. The molecule has 0 spiro atoms. The number of fused-ring (bicyclic) bond motifs is 1. The van der Waals surface area contributed by atoms with Crippen molar-refractivity contribution in [3.8, 4) is 0 Å². The van der Waals surface area contributed by atoms with Crippen LogP contribution < -0.4 is 0 Å². The van der Waals surface area contributed by atoms with Crippen LogP contribution in [0.3, 0.4) is 0 Å². The smallest absolute Gasteiger partial charge is 0.202 e. The lowest BCUT2D eigenvalue weighted by Crippen LogP contribution is -1.96. The summed E-state index contributed by atoms with van der Waals surface area (Å²) >= 11 is 1.28. The van der Waals surface area contributed by atoms with Gasteiger partial charge >= 0.3 is 0 Å². The maximum Gasteiger partial charge on any atom is 0.202 e. The van der Waals surface area contributed by atoms with Gasteiger partial charge in [0.1, 0.15) is 0 Å². The van der Waals surface area contributed by atoms with Gasteiger partial charge in [-0.15, -0.1) is 11.3 Å². The predicted molar refractivity (Wildman–Crippen MR) is 81.0 cm³/mol. The van der Waals surface area contributed by atoms with Crippen molar-refractivity contribution in [2.24, 2.45) is 0 Å². The zero-order valence-corrected chi connectivity index (χ0v) is 12.3. The minimum Gasteiger partial charge on any atom is -0.425 e. The summed E-state index contributed by atoms with van der Waals surface area (Å²) in [5.74, 6) is 0. The van der Waals surface area contributed by atoms with Crippen molar-refractivity contribution in [2.45, 2.75) is 11.8 Å². The standard InChI is InChI=1S/C14H11N2O2S2/c1-10-6-5-9-12-13(10)15-14(19-12)16-20(17,18)11-7-3-2-4-8-11/h2-9H,1H3/q-1. The lowest BCUT2D eigenvalue weighted by Gasteiger charge is -2.11. The number of hydrogen-bond acceptors (Lipinski definition) is 4. The van der Waals surface area contributed by atoms with Crippen molar-refractivity contribution in [2.75, 3.05) is 0 Å². The van der Waals surface area contributed by atoms with Gasteiger partial charge in [-0.2, -0.15) is 0 Å². The minimum absolute atomic E-state index is 0.177. The topological polar surface area (TPSA) is 61.1 Å². The Hall–Kier alpha value is -1.92. The van der Waals surface area contributed by atoms with Crippen LogP contribution in [-0.2, 0) is 10.0 Å². The van der Waals surface area contributed by atoms with Crippen molar-refractivity contribution in [3.63, 3.8) is 0 Å². The normalized spacial score (nSPS) is 11.7. The highest BCUT2D eigenvalue weighted by Gasteiger charge is 2.09. The van der Waals surface area contributed by atoms with E-state index in [1.807, 2.05) is 25.1 Å². The first kappa shape index (κ1) is 13.1. The molecule has 102 valence electrons. The number of benzene rings is 2. The molecule has 0 atom stereocenters. The molecule has 20 heavy (non-hydrogen) atoms. The Bertz CT molecular complexity index is 855. The quantitative estimate of drug-likeness (QED) is 0.734. The van der Waals surface area contributed by atoms with Gasteiger partial charge in [0.05, 0.1) is 4.90 Å². The number of nitrogens with zero attached hydrogens (tertiary/aromatic N) is 2. The first-order chi connectivity index (χ1) is 9.56. The molecule has 1 aromatic heterocycles. The Balaban J connectivity index is 1.99. The third-order valence-electron chi connectivity index (χ3n) is 2.85. The van der Waals surface area contributed by atoms with Crippen LogP contribution in [-0.4, -0.2) is 13.4 Å². The lowest BCUT2D eigenvalue weighted by molar-refractivity contribution is 0.603. The summed E-state index contributed by atoms with van der Waals surface area (Å²) in [4.78, 5) is 4.47. The number of sulfonamides is 1. The zero-order valence-electron chi connectivity index (χ0n) is 10.6. The van der Waals surface area contributed by atoms with Crippen molar-refractivity contribution in [1.82, 2.24) is 4.98 Å². The van der Waals surface area contributed by atoms with Gasteiger partial charge in [-0.25, -0.2) is 8.42 Å². The molecular formula is C14H11N2O2S2-. The number of hydrogen-bond donors (Lipinski definition) is 0. The van der Waals surface area contributed by atoms with Gasteiger partial charge in [-0.3, -0.25) is 0 Å². The average Bonchev–Trinajstić information content (AvgIpc) is 2.83. The van der Waals surface area contributed by atoms with E-state index in [1.165, 1.54) is 23.5 Å². The molecule has 0 aliphatic heterocycles. The molecule has 0 radical (unpaired) electrons. The van der Waals surface area contributed by atoms with Crippen LogP contribution in [0.4, 0.5) is 5.13 Å². The van der Waals surface area contributed by atoms with Gasteiger partial charge in [0.15, 0.2) is 0 Å². The summed E-state index contributed by atoms with van der Waals surface area (Å²) in [6, 6.07) is 13.9. The maximum absolute atomic E-state index is 12.2. The largest absolute Gasteiger partial charge is 0.425 e. The van der Waals surface area contributed by atoms with Crippen LogP contribution in [0, 0.1) is 6.92 Å². The average molecular weight is 303 g/mol. The molecule has 0 saturated carbocycles. The van der Waals surface area contributed by atoms with E-state index in [1.54, 1.807) is 18.2 Å². The van der Waals surface area contributed by atoms with Gasteiger partial charge in [0.2, 0.25) is 10.0 Å². The Morgan fingerprint density at radius 1 is 1.05 bits per heavy atom. The van der Waals surface area contributed by atoms with Crippen LogP contribution in [0.15, 0.2) is 53.4 Å². The Morgan fingerprint density at radius 2 is 1.80 bits per heavy atom. The Morgan fingerprint density at radius 3 is 2.50 bits per heavy atom. The number of rotatable bonds is 3. The monoisotopic (exact) mass is 303 g/mol. The van der Waals surface area contributed by atoms with Crippen LogP contribution in [0.5, 0.6) is 0 Å². The van der Waals surface area contributed by atoms with E-state index in [4.69, 9.17) is 0 Å². The fraction of sp³-hybridized carbons (Fsp3) is 0.0714. The first-order valence-corrected chi connectivity index (χ1v) is 8.21.